The monoisotopic (exact) mass is 487 g/mol. The molecule has 0 radical (unpaired) electrons. The van der Waals surface area contributed by atoms with Crippen molar-refractivity contribution in [2.24, 2.45) is 0 Å². The van der Waals surface area contributed by atoms with E-state index < -0.39 is 35.1 Å². The van der Waals surface area contributed by atoms with E-state index in [0.29, 0.717) is 35.2 Å². The van der Waals surface area contributed by atoms with E-state index in [2.05, 4.69) is 27.1 Å². The van der Waals surface area contributed by atoms with Gasteiger partial charge in [0.05, 0.1) is 16.9 Å². The quantitative estimate of drug-likeness (QED) is 0.278. The van der Waals surface area contributed by atoms with Gasteiger partial charge in [-0.3, -0.25) is 14.3 Å². The lowest BCUT2D eigenvalue weighted by atomic mass is 10.1. The molecule has 2 heterocycles. The van der Waals surface area contributed by atoms with Gasteiger partial charge in [0, 0.05) is 30.2 Å². The number of alkyl halides is 6. The van der Waals surface area contributed by atoms with Crippen LogP contribution in [0.3, 0.4) is 0 Å². The molecule has 1 amide bonds. The molecule has 0 aliphatic heterocycles. The van der Waals surface area contributed by atoms with Crippen LogP contribution in [-0.2, 0) is 23.7 Å². The third-order valence-electron chi connectivity index (χ3n) is 4.15. The molecule has 0 bridgehead atoms. The Bertz CT molecular complexity index is 1110. The van der Waals surface area contributed by atoms with Crippen LogP contribution in [0.2, 0.25) is 0 Å². The maximum absolute atomic E-state index is 13.0. The Morgan fingerprint density at radius 1 is 1.09 bits per heavy atom. The molecule has 0 saturated heterocycles. The van der Waals surface area contributed by atoms with Crippen molar-refractivity contribution in [2.75, 3.05) is 11.1 Å². The van der Waals surface area contributed by atoms with Gasteiger partial charge in [0.2, 0.25) is 5.91 Å². The van der Waals surface area contributed by atoms with Gasteiger partial charge in [-0.25, -0.2) is 0 Å². The summed E-state index contributed by atoms with van der Waals surface area (Å²) in [5.41, 5.74) is -3.00. The molecular formula is C20H15F6N5OS. The number of halogens is 6. The van der Waals surface area contributed by atoms with E-state index >= 15 is 0 Å². The second-order valence-electron chi connectivity index (χ2n) is 6.58. The molecule has 0 fully saturated rings. The van der Waals surface area contributed by atoms with E-state index in [0.717, 1.165) is 11.8 Å². The molecule has 174 valence electrons. The van der Waals surface area contributed by atoms with Crippen molar-refractivity contribution in [2.45, 2.75) is 24.1 Å². The molecule has 3 aromatic rings. The Hall–Kier alpha value is -3.35. The number of allylic oxidation sites excluding steroid dienone is 1. The fraction of sp³-hybridized carbons (Fsp3) is 0.200. The van der Waals surface area contributed by atoms with Crippen molar-refractivity contribution in [1.82, 2.24) is 19.7 Å². The van der Waals surface area contributed by atoms with E-state index in [4.69, 9.17) is 0 Å². The molecule has 6 nitrogen and oxygen atoms in total. The van der Waals surface area contributed by atoms with Gasteiger partial charge >= 0.3 is 12.4 Å². The summed E-state index contributed by atoms with van der Waals surface area (Å²) in [5.74, 6) is -0.693. The van der Waals surface area contributed by atoms with E-state index in [-0.39, 0.29) is 11.8 Å². The second-order valence-corrected chi connectivity index (χ2v) is 7.52. The summed E-state index contributed by atoms with van der Waals surface area (Å²) in [4.78, 5) is 16.3. The van der Waals surface area contributed by atoms with Crippen LogP contribution >= 0.6 is 11.8 Å². The molecule has 0 unspecified atom stereocenters. The highest BCUT2D eigenvalue weighted by atomic mass is 32.2. The Morgan fingerprint density at radius 2 is 1.76 bits per heavy atom. The smallest absolute Gasteiger partial charge is 0.325 e. The van der Waals surface area contributed by atoms with Crippen molar-refractivity contribution in [3.05, 3.63) is 66.5 Å². The Morgan fingerprint density at radius 3 is 2.30 bits per heavy atom. The molecule has 33 heavy (non-hydrogen) atoms. The highest BCUT2D eigenvalue weighted by molar-refractivity contribution is 7.99. The summed E-state index contributed by atoms with van der Waals surface area (Å²) in [7, 11) is 0. The van der Waals surface area contributed by atoms with E-state index in [1.807, 2.05) is 0 Å². The van der Waals surface area contributed by atoms with Crippen molar-refractivity contribution >= 4 is 23.4 Å². The van der Waals surface area contributed by atoms with Crippen LogP contribution in [0.5, 0.6) is 0 Å². The minimum atomic E-state index is -5.01. The van der Waals surface area contributed by atoms with Crippen molar-refractivity contribution in [3.8, 4) is 11.4 Å². The van der Waals surface area contributed by atoms with Crippen molar-refractivity contribution < 1.29 is 31.1 Å². The molecule has 1 aromatic carbocycles. The van der Waals surface area contributed by atoms with Crippen LogP contribution in [0.1, 0.15) is 11.1 Å². The number of hydrogen-bond donors (Lipinski definition) is 1. The van der Waals surface area contributed by atoms with Gasteiger partial charge in [0.1, 0.15) is 0 Å². The number of thioether (sulfide) groups is 1. The summed E-state index contributed by atoms with van der Waals surface area (Å²) in [5, 5.41) is 10.5. The first-order chi connectivity index (χ1) is 15.5. The maximum atomic E-state index is 13.0. The van der Waals surface area contributed by atoms with Crippen LogP contribution in [0, 0.1) is 0 Å². The number of hydrogen-bond acceptors (Lipinski definition) is 5. The number of benzene rings is 1. The minimum absolute atomic E-state index is 0.0118. The van der Waals surface area contributed by atoms with Crippen molar-refractivity contribution in [1.29, 1.82) is 0 Å². The lowest BCUT2D eigenvalue weighted by molar-refractivity contribution is -0.143. The Balaban J connectivity index is 1.77. The SMILES string of the molecule is C=CCn1c(SCC(=O)Nc2cc(C(F)(F)F)cc(C(F)(F)F)c2)nnc1-c1cccnc1. The predicted octanol–water partition coefficient (Wildman–Crippen LogP) is 5.29. The minimum Gasteiger partial charge on any atom is -0.325 e. The van der Waals surface area contributed by atoms with E-state index in [1.54, 1.807) is 35.2 Å². The number of pyridine rings is 1. The molecule has 1 N–H and O–H groups in total. The summed E-state index contributed by atoms with van der Waals surface area (Å²) < 4.78 is 79.6. The number of aromatic nitrogens is 4. The third-order valence-corrected chi connectivity index (χ3v) is 5.12. The molecule has 13 heteroatoms. The highest BCUT2D eigenvalue weighted by Gasteiger charge is 2.37. The van der Waals surface area contributed by atoms with Gasteiger partial charge in [-0.1, -0.05) is 17.8 Å². The number of amides is 1. The normalized spacial score (nSPS) is 11.9. The van der Waals surface area contributed by atoms with Gasteiger partial charge in [0.15, 0.2) is 11.0 Å². The highest BCUT2D eigenvalue weighted by Crippen LogP contribution is 2.37. The van der Waals surface area contributed by atoms with E-state index in [9.17, 15) is 31.1 Å². The Labute approximate surface area is 187 Å². The summed E-state index contributed by atoms with van der Waals surface area (Å²) in [6, 6.07) is 4.33. The fourth-order valence-corrected chi connectivity index (χ4v) is 3.50. The molecule has 0 atom stereocenters. The first-order valence-electron chi connectivity index (χ1n) is 9.15. The predicted molar refractivity (Wildman–Crippen MR) is 109 cm³/mol. The van der Waals surface area contributed by atoms with Crippen LogP contribution in [0.4, 0.5) is 32.0 Å². The molecule has 2 aromatic heterocycles. The van der Waals surface area contributed by atoms with Crippen LogP contribution in [0.25, 0.3) is 11.4 Å². The number of rotatable bonds is 7. The first kappa shape index (κ1) is 24.3. The standard InChI is InChI=1S/C20H15F6N5OS/c1-2-6-31-17(12-4-3-5-27-10-12)29-30-18(31)33-11-16(32)28-15-8-13(19(21,22)23)7-14(9-15)20(24,25)26/h2-5,7-10H,1,6,11H2,(H,28,32). The van der Waals surface area contributed by atoms with Crippen LogP contribution < -0.4 is 5.32 Å². The van der Waals surface area contributed by atoms with Gasteiger partial charge < -0.3 is 5.32 Å². The topological polar surface area (TPSA) is 72.7 Å². The summed E-state index contributed by atoms with van der Waals surface area (Å²) >= 11 is 0.914. The average molecular weight is 487 g/mol. The average Bonchev–Trinajstić information content (AvgIpc) is 3.14. The van der Waals surface area contributed by atoms with E-state index in [1.165, 1.54) is 0 Å². The lowest BCUT2D eigenvalue weighted by Crippen LogP contribution is -2.17. The van der Waals surface area contributed by atoms with Gasteiger partial charge in [-0.15, -0.1) is 16.8 Å². The number of anilines is 1. The number of carbonyl (C=O) groups is 1. The molecule has 0 spiro atoms. The van der Waals surface area contributed by atoms with Crippen molar-refractivity contribution in [3.63, 3.8) is 0 Å². The number of nitrogens with one attached hydrogen (secondary N) is 1. The zero-order chi connectivity index (χ0) is 24.2. The van der Waals surface area contributed by atoms with Gasteiger partial charge in [0.25, 0.3) is 0 Å². The zero-order valence-corrected chi connectivity index (χ0v) is 17.4. The first-order valence-corrected chi connectivity index (χ1v) is 10.1. The van der Waals surface area contributed by atoms with Crippen LogP contribution in [0.15, 0.2) is 60.5 Å². The number of carbonyl (C=O) groups excluding carboxylic acids is 1. The van der Waals surface area contributed by atoms with Crippen LogP contribution in [-0.4, -0.2) is 31.4 Å². The molecule has 0 aliphatic rings. The number of nitrogens with zero attached hydrogens (tertiary/aromatic N) is 4. The summed E-state index contributed by atoms with van der Waals surface area (Å²) in [6.07, 6.45) is -5.31. The largest absolute Gasteiger partial charge is 0.416 e. The summed E-state index contributed by atoms with van der Waals surface area (Å²) in [6.45, 7) is 3.95. The second kappa shape index (κ2) is 9.65. The zero-order valence-electron chi connectivity index (χ0n) is 16.6. The maximum Gasteiger partial charge on any atom is 0.416 e. The third kappa shape index (κ3) is 6.12. The Kier molecular flexibility index (Phi) is 7.10. The fourth-order valence-electron chi connectivity index (χ4n) is 2.75. The lowest BCUT2D eigenvalue weighted by Gasteiger charge is -2.14. The van der Waals surface area contributed by atoms with Gasteiger partial charge in [-0.2, -0.15) is 26.3 Å². The molecular weight excluding hydrogens is 472 g/mol. The molecule has 0 saturated carbocycles. The van der Waals surface area contributed by atoms with Gasteiger partial charge in [-0.05, 0) is 30.3 Å². The molecule has 0 aliphatic carbocycles. The molecule has 3 rings (SSSR count).